The summed E-state index contributed by atoms with van der Waals surface area (Å²) in [6, 6.07) is 31.3. The van der Waals surface area contributed by atoms with Gasteiger partial charge in [0, 0.05) is 0 Å². The maximum absolute atomic E-state index is 2.56. The Morgan fingerprint density at radius 1 is 0.647 bits per heavy atom. The summed E-state index contributed by atoms with van der Waals surface area (Å²) in [5, 5.41) is 0. The monoisotopic (exact) mass is 440 g/mol. The number of hydrogen-bond acceptors (Lipinski definition) is 0. The zero-order valence-electron chi connectivity index (χ0n) is 20.3. The van der Waals surface area contributed by atoms with E-state index in [9.17, 15) is 0 Å². The van der Waals surface area contributed by atoms with Gasteiger partial charge in [-0.25, -0.2) is 0 Å². The Labute approximate surface area is 203 Å². The third-order valence-electron chi connectivity index (χ3n) is 9.00. The van der Waals surface area contributed by atoms with Crippen LogP contribution in [0.3, 0.4) is 0 Å². The van der Waals surface area contributed by atoms with Gasteiger partial charge in [-0.05, 0) is 99.2 Å². The molecule has 0 aliphatic heterocycles. The second-order valence-corrected chi connectivity index (χ2v) is 10.9. The van der Waals surface area contributed by atoms with Crippen LogP contribution in [0.1, 0.15) is 70.3 Å². The molecule has 3 aliphatic rings. The molecule has 0 radical (unpaired) electrons. The van der Waals surface area contributed by atoms with Crippen molar-refractivity contribution in [3.8, 4) is 11.1 Å². The Morgan fingerprint density at radius 3 is 1.85 bits per heavy atom. The Bertz CT molecular complexity index is 1380. The van der Waals surface area contributed by atoms with Crippen LogP contribution in [0.25, 0.3) is 11.1 Å². The first-order chi connectivity index (χ1) is 16.7. The van der Waals surface area contributed by atoms with Gasteiger partial charge < -0.3 is 0 Å². The topological polar surface area (TPSA) is 0 Å². The molecular weight excluding hydrogens is 408 g/mol. The number of aryl methyl sites for hydroxylation is 4. The molecule has 0 saturated carbocycles. The second-order valence-electron chi connectivity index (χ2n) is 10.9. The highest BCUT2D eigenvalue weighted by Gasteiger charge is 2.47. The van der Waals surface area contributed by atoms with Crippen LogP contribution in [-0.4, -0.2) is 0 Å². The molecule has 0 saturated heterocycles. The van der Waals surface area contributed by atoms with Crippen LogP contribution in [-0.2, 0) is 37.5 Å². The number of hydrogen-bond donors (Lipinski definition) is 0. The Balaban J connectivity index is 1.55. The van der Waals surface area contributed by atoms with Gasteiger partial charge in [-0.2, -0.15) is 0 Å². The van der Waals surface area contributed by atoms with Gasteiger partial charge in [0.25, 0.3) is 0 Å². The molecule has 0 heteroatoms. The van der Waals surface area contributed by atoms with Crippen molar-refractivity contribution in [3.05, 3.63) is 129 Å². The van der Waals surface area contributed by atoms with Gasteiger partial charge >= 0.3 is 0 Å². The number of benzene rings is 4. The average molecular weight is 441 g/mol. The Morgan fingerprint density at radius 2 is 1.26 bits per heavy atom. The standard InChI is InChI=1S/C34H32/c1-3-22(2)18-23-8-17-31-30-6-4-5-7-32(30)34(33(31)19-23,28-15-13-24-9-11-26(24)20-28)29-16-14-25-10-12-27(25)21-29/h4-8,13-17,19-22H,3,9-12,18H2,1-2H3. The molecule has 0 aromatic heterocycles. The van der Waals surface area contributed by atoms with Crippen molar-refractivity contribution in [2.75, 3.05) is 0 Å². The fourth-order valence-corrected chi connectivity index (χ4v) is 6.65. The Hall–Kier alpha value is -3.12. The van der Waals surface area contributed by atoms with Gasteiger partial charge in [0.05, 0.1) is 5.41 Å². The van der Waals surface area contributed by atoms with Gasteiger partial charge in [-0.1, -0.05) is 99.1 Å². The van der Waals surface area contributed by atoms with Crippen LogP contribution in [0, 0.1) is 5.92 Å². The average Bonchev–Trinajstić information content (AvgIpc) is 3.11. The third-order valence-corrected chi connectivity index (χ3v) is 9.00. The summed E-state index contributed by atoms with van der Waals surface area (Å²) in [7, 11) is 0. The summed E-state index contributed by atoms with van der Waals surface area (Å²) in [5.41, 5.74) is 16.0. The van der Waals surface area contributed by atoms with Crippen molar-refractivity contribution in [2.45, 2.75) is 57.8 Å². The molecule has 3 aliphatic carbocycles. The summed E-state index contributed by atoms with van der Waals surface area (Å²) < 4.78 is 0. The lowest BCUT2D eigenvalue weighted by atomic mass is 9.65. The lowest BCUT2D eigenvalue weighted by Crippen LogP contribution is -2.30. The van der Waals surface area contributed by atoms with Crippen molar-refractivity contribution < 1.29 is 0 Å². The summed E-state index contributed by atoms with van der Waals surface area (Å²) >= 11 is 0. The summed E-state index contributed by atoms with van der Waals surface area (Å²) in [6.45, 7) is 4.69. The van der Waals surface area contributed by atoms with E-state index in [0.717, 1.165) is 6.42 Å². The maximum Gasteiger partial charge on any atom is 0.0713 e. The lowest BCUT2D eigenvalue weighted by Gasteiger charge is -2.37. The zero-order valence-corrected chi connectivity index (χ0v) is 20.3. The highest BCUT2D eigenvalue weighted by Crippen LogP contribution is 2.57. The van der Waals surface area contributed by atoms with E-state index in [4.69, 9.17) is 0 Å². The highest BCUT2D eigenvalue weighted by molar-refractivity contribution is 5.86. The van der Waals surface area contributed by atoms with Crippen LogP contribution in [0.5, 0.6) is 0 Å². The molecular formula is C34H32. The van der Waals surface area contributed by atoms with E-state index in [1.807, 2.05) is 0 Å². The zero-order chi connectivity index (χ0) is 22.9. The molecule has 0 amide bonds. The van der Waals surface area contributed by atoms with Crippen molar-refractivity contribution in [1.82, 2.24) is 0 Å². The van der Waals surface area contributed by atoms with Crippen molar-refractivity contribution in [1.29, 1.82) is 0 Å². The lowest BCUT2D eigenvalue weighted by molar-refractivity contribution is 0.559. The molecule has 0 nitrogen and oxygen atoms in total. The van der Waals surface area contributed by atoms with Crippen molar-refractivity contribution in [3.63, 3.8) is 0 Å². The molecule has 0 N–H and O–H groups in total. The first kappa shape index (κ1) is 20.3. The summed E-state index contributed by atoms with van der Waals surface area (Å²) in [4.78, 5) is 0. The summed E-state index contributed by atoms with van der Waals surface area (Å²) in [5.74, 6) is 0.698. The highest BCUT2D eigenvalue weighted by atomic mass is 14.5. The molecule has 1 unspecified atom stereocenters. The van der Waals surface area contributed by atoms with Gasteiger partial charge in [0.1, 0.15) is 0 Å². The number of fused-ring (bicyclic) bond motifs is 5. The first-order valence-electron chi connectivity index (χ1n) is 13.2. The first-order valence-corrected chi connectivity index (χ1v) is 13.2. The molecule has 0 heterocycles. The molecule has 168 valence electrons. The van der Waals surface area contributed by atoms with Crippen LogP contribution in [0.15, 0.2) is 78.9 Å². The predicted molar refractivity (Wildman–Crippen MR) is 142 cm³/mol. The molecule has 4 aromatic carbocycles. The molecule has 0 spiro atoms. The second kappa shape index (κ2) is 7.44. The van der Waals surface area contributed by atoms with Crippen LogP contribution >= 0.6 is 0 Å². The molecule has 0 fully saturated rings. The van der Waals surface area contributed by atoms with E-state index < -0.39 is 0 Å². The van der Waals surface area contributed by atoms with E-state index in [1.165, 1.54) is 82.2 Å². The Kier molecular flexibility index (Phi) is 4.44. The molecule has 34 heavy (non-hydrogen) atoms. The third kappa shape index (κ3) is 2.72. The largest absolute Gasteiger partial charge is 0.0713 e. The smallest absolute Gasteiger partial charge is 0.0651 e. The fourth-order valence-electron chi connectivity index (χ4n) is 6.65. The molecule has 4 aromatic rings. The molecule has 1 atom stereocenters. The van der Waals surface area contributed by atoms with Crippen molar-refractivity contribution in [2.24, 2.45) is 5.92 Å². The minimum atomic E-state index is -0.243. The van der Waals surface area contributed by atoms with E-state index >= 15 is 0 Å². The maximum atomic E-state index is 2.56. The van der Waals surface area contributed by atoms with Crippen molar-refractivity contribution >= 4 is 0 Å². The van der Waals surface area contributed by atoms with Gasteiger partial charge in [-0.3, -0.25) is 0 Å². The van der Waals surface area contributed by atoms with Gasteiger partial charge in [0.2, 0.25) is 0 Å². The predicted octanol–water partition coefficient (Wildman–Crippen LogP) is 7.84. The fraction of sp³-hybridized carbons (Fsp3) is 0.294. The van der Waals surface area contributed by atoms with Gasteiger partial charge in [-0.15, -0.1) is 0 Å². The SMILES string of the molecule is CCC(C)Cc1ccc2c(c1)C(c1ccc3c(c1)CC3)(c1ccc3c(c1)CC3)c1ccccc1-2. The van der Waals surface area contributed by atoms with Crippen LogP contribution < -0.4 is 0 Å². The number of rotatable bonds is 5. The van der Waals surface area contributed by atoms with Crippen LogP contribution in [0.4, 0.5) is 0 Å². The minimum Gasteiger partial charge on any atom is -0.0651 e. The van der Waals surface area contributed by atoms with E-state index in [0.29, 0.717) is 5.92 Å². The van der Waals surface area contributed by atoms with E-state index in [1.54, 1.807) is 11.1 Å². The van der Waals surface area contributed by atoms with E-state index in [2.05, 4.69) is 92.7 Å². The van der Waals surface area contributed by atoms with E-state index in [-0.39, 0.29) is 5.41 Å². The minimum absolute atomic E-state index is 0.243. The molecule has 0 bridgehead atoms. The van der Waals surface area contributed by atoms with Gasteiger partial charge in [0.15, 0.2) is 0 Å². The summed E-state index contributed by atoms with van der Waals surface area (Å²) in [6.07, 6.45) is 7.25. The molecule has 7 rings (SSSR count). The van der Waals surface area contributed by atoms with Crippen LogP contribution in [0.2, 0.25) is 0 Å². The quantitative estimate of drug-likeness (QED) is 0.261. The normalized spacial score (nSPS) is 17.0.